The summed E-state index contributed by atoms with van der Waals surface area (Å²) in [6.45, 7) is 4.08. The number of amides is 2. The minimum absolute atomic E-state index is 0.0533. The molecule has 2 amide bonds. The van der Waals surface area contributed by atoms with Gasteiger partial charge in [-0.25, -0.2) is 0 Å². The highest BCUT2D eigenvalue weighted by Gasteiger charge is 2.35. The lowest BCUT2D eigenvalue weighted by Crippen LogP contribution is -2.27. The lowest BCUT2D eigenvalue weighted by atomic mass is 10.1. The van der Waals surface area contributed by atoms with Gasteiger partial charge in [0.25, 0.3) is 11.1 Å². The average Bonchev–Trinajstić information content (AvgIpc) is 3.02. The molecule has 1 fully saturated rings. The summed E-state index contributed by atoms with van der Waals surface area (Å²) in [6.07, 6.45) is 2.58. The first kappa shape index (κ1) is 21.5. The van der Waals surface area contributed by atoms with E-state index in [0.29, 0.717) is 27.5 Å². The summed E-state index contributed by atoms with van der Waals surface area (Å²) >= 11 is 0.885. The predicted molar refractivity (Wildman–Crippen MR) is 116 cm³/mol. The molecular weight excluding hydrogens is 400 g/mol. The van der Waals surface area contributed by atoms with Crippen molar-refractivity contribution in [3.8, 4) is 17.6 Å². The standard InChI is InChI=1S/C23H22N2O4S/c1-4-15(2)29-19-10-9-16(11-20(19)28-3)12-21-22(26)25(23(27)30-21)14-18-8-6-5-7-17(18)13-24/h5-12,15H,4,14H2,1-3H3/b21-12-/t15-/m0/s1. The molecule has 0 aromatic heterocycles. The van der Waals surface area contributed by atoms with Crippen molar-refractivity contribution >= 4 is 29.0 Å². The Morgan fingerprint density at radius 2 is 1.97 bits per heavy atom. The molecule has 0 aliphatic carbocycles. The van der Waals surface area contributed by atoms with Crippen molar-refractivity contribution < 1.29 is 19.1 Å². The van der Waals surface area contributed by atoms with Gasteiger partial charge in [0, 0.05) is 0 Å². The van der Waals surface area contributed by atoms with Crippen LogP contribution in [0.3, 0.4) is 0 Å². The maximum atomic E-state index is 12.8. The van der Waals surface area contributed by atoms with Crippen molar-refractivity contribution in [2.24, 2.45) is 0 Å². The largest absolute Gasteiger partial charge is 0.493 e. The monoisotopic (exact) mass is 422 g/mol. The first-order chi connectivity index (χ1) is 14.5. The number of hydrogen-bond donors (Lipinski definition) is 0. The van der Waals surface area contributed by atoms with Crippen LogP contribution >= 0.6 is 11.8 Å². The molecule has 0 unspecified atom stereocenters. The minimum Gasteiger partial charge on any atom is -0.493 e. The molecule has 6 nitrogen and oxygen atoms in total. The van der Waals surface area contributed by atoms with Gasteiger partial charge in [0.05, 0.1) is 36.3 Å². The molecule has 7 heteroatoms. The molecule has 154 valence electrons. The van der Waals surface area contributed by atoms with E-state index in [0.717, 1.165) is 28.6 Å². The summed E-state index contributed by atoms with van der Waals surface area (Å²) < 4.78 is 11.3. The lowest BCUT2D eigenvalue weighted by molar-refractivity contribution is -0.123. The number of imide groups is 1. The fourth-order valence-corrected chi connectivity index (χ4v) is 3.73. The van der Waals surface area contributed by atoms with Crippen LogP contribution in [0.4, 0.5) is 4.79 Å². The Morgan fingerprint density at radius 3 is 2.67 bits per heavy atom. The van der Waals surface area contributed by atoms with Crippen molar-refractivity contribution in [3.05, 3.63) is 64.1 Å². The smallest absolute Gasteiger partial charge is 0.293 e. The molecule has 30 heavy (non-hydrogen) atoms. The van der Waals surface area contributed by atoms with Crippen LogP contribution in [0.25, 0.3) is 6.08 Å². The van der Waals surface area contributed by atoms with Crippen LogP contribution in [-0.2, 0) is 11.3 Å². The molecule has 0 bridgehead atoms. The van der Waals surface area contributed by atoms with Crippen LogP contribution in [0.15, 0.2) is 47.4 Å². The first-order valence-corrected chi connectivity index (χ1v) is 10.4. The summed E-state index contributed by atoms with van der Waals surface area (Å²) in [5.41, 5.74) is 1.81. The number of methoxy groups -OCH3 is 1. The number of hydrogen-bond acceptors (Lipinski definition) is 6. The summed E-state index contributed by atoms with van der Waals surface area (Å²) in [7, 11) is 1.56. The highest BCUT2D eigenvalue weighted by molar-refractivity contribution is 8.18. The maximum Gasteiger partial charge on any atom is 0.293 e. The fourth-order valence-electron chi connectivity index (χ4n) is 2.90. The van der Waals surface area contributed by atoms with Gasteiger partial charge >= 0.3 is 0 Å². The van der Waals surface area contributed by atoms with E-state index in [4.69, 9.17) is 9.47 Å². The lowest BCUT2D eigenvalue weighted by Gasteiger charge is -2.16. The van der Waals surface area contributed by atoms with E-state index in [2.05, 4.69) is 6.07 Å². The van der Waals surface area contributed by atoms with Gasteiger partial charge in [-0.05, 0) is 60.5 Å². The Balaban J connectivity index is 1.82. The van der Waals surface area contributed by atoms with E-state index in [1.807, 2.05) is 19.9 Å². The summed E-state index contributed by atoms with van der Waals surface area (Å²) in [4.78, 5) is 26.7. The molecule has 1 aliphatic heterocycles. The van der Waals surface area contributed by atoms with Crippen molar-refractivity contribution in [1.82, 2.24) is 4.90 Å². The van der Waals surface area contributed by atoms with Gasteiger partial charge in [0.15, 0.2) is 11.5 Å². The van der Waals surface area contributed by atoms with Gasteiger partial charge in [-0.15, -0.1) is 0 Å². The average molecular weight is 423 g/mol. The zero-order valence-electron chi connectivity index (χ0n) is 17.0. The second-order valence-corrected chi connectivity index (χ2v) is 7.78. The molecule has 1 atom stereocenters. The molecule has 0 spiro atoms. The van der Waals surface area contributed by atoms with E-state index in [-0.39, 0.29) is 23.8 Å². The quantitative estimate of drug-likeness (QED) is 0.586. The van der Waals surface area contributed by atoms with Gasteiger partial charge in [0.1, 0.15) is 0 Å². The molecule has 2 aromatic carbocycles. The van der Waals surface area contributed by atoms with Crippen molar-refractivity contribution in [2.45, 2.75) is 32.9 Å². The third kappa shape index (κ3) is 4.66. The van der Waals surface area contributed by atoms with Gasteiger partial charge in [-0.1, -0.05) is 31.2 Å². The molecule has 1 aliphatic rings. The van der Waals surface area contributed by atoms with Crippen LogP contribution in [0.1, 0.15) is 37.0 Å². The third-order valence-corrected chi connectivity index (χ3v) is 5.64. The highest BCUT2D eigenvalue weighted by Crippen LogP contribution is 2.35. The number of rotatable bonds is 7. The number of carbonyl (C=O) groups is 2. The molecule has 1 heterocycles. The van der Waals surface area contributed by atoms with Crippen LogP contribution in [-0.4, -0.2) is 29.3 Å². The number of thioether (sulfide) groups is 1. The summed E-state index contributed by atoms with van der Waals surface area (Å²) in [5.74, 6) is 0.813. The number of nitriles is 1. The number of carbonyl (C=O) groups excluding carboxylic acids is 2. The Bertz CT molecular complexity index is 1040. The molecule has 3 rings (SSSR count). The van der Waals surface area contributed by atoms with Gasteiger partial charge in [-0.3, -0.25) is 14.5 Å². The van der Waals surface area contributed by atoms with E-state index in [1.54, 1.807) is 49.6 Å². The minimum atomic E-state index is -0.378. The van der Waals surface area contributed by atoms with Crippen LogP contribution in [0, 0.1) is 11.3 Å². The third-order valence-electron chi connectivity index (χ3n) is 4.73. The van der Waals surface area contributed by atoms with Crippen molar-refractivity contribution in [2.75, 3.05) is 7.11 Å². The van der Waals surface area contributed by atoms with E-state index >= 15 is 0 Å². The Hall–Kier alpha value is -3.24. The number of nitrogens with zero attached hydrogens (tertiary/aromatic N) is 2. The normalized spacial score (nSPS) is 15.9. The first-order valence-electron chi connectivity index (χ1n) is 9.54. The number of ether oxygens (including phenoxy) is 2. The Labute approximate surface area is 180 Å². The molecule has 2 aromatic rings. The van der Waals surface area contributed by atoms with Crippen LogP contribution in [0.2, 0.25) is 0 Å². The van der Waals surface area contributed by atoms with Gasteiger partial charge in [0.2, 0.25) is 0 Å². The SMILES string of the molecule is CC[C@H](C)Oc1ccc(/C=C2\SC(=O)N(Cc3ccccc3C#N)C2=O)cc1OC. The molecule has 1 saturated heterocycles. The summed E-state index contributed by atoms with van der Waals surface area (Å²) in [6, 6.07) is 14.4. The van der Waals surface area contributed by atoms with Crippen molar-refractivity contribution in [1.29, 1.82) is 5.26 Å². The van der Waals surface area contributed by atoms with Gasteiger partial charge < -0.3 is 9.47 Å². The van der Waals surface area contributed by atoms with Crippen LogP contribution < -0.4 is 9.47 Å². The second kappa shape index (κ2) is 9.51. The Kier molecular flexibility index (Phi) is 6.80. The zero-order valence-corrected chi connectivity index (χ0v) is 17.9. The van der Waals surface area contributed by atoms with Crippen molar-refractivity contribution in [3.63, 3.8) is 0 Å². The predicted octanol–water partition coefficient (Wildman–Crippen LogP) is 4.98. The fraction of sp³-hybridized carbons (Fsp3) is 0.261. The molecule has 0 radical (unpaired) electrons. The summed E-state index contributed by atoms with van der Waals surface area (Å²) in [5, 5.41) is 8.88. The van der Waals surface area contributed by atoms with E-state index in [9.17, 15) is 14.9 Å². The zero-order chi connectivity index (χ0) is 21.7. The van der Waals surface area contributed by atoms with E-state index < -0.39 is 0 Å². The van der Waals surface area contributed by atoms with Crippen LogP contribution in [0.5, 0.6) is 11.5 Å². The molecule has 0 N–H and O–H groups in total. The molecular formula is C23H22N2O4S. The molecule has 0 saturated carbocycles. The van der Waals surface area contributed by atoms with Gasteiger partial charge in [-0.2, -0.15) is 5.26 Å². The van der Waals surface area contributed by atoms with E-state index in [1.165, 1.54) is 0 Å². The highest BCUT2D eigenvalue weighted by atomic mass is 32.2. The second-order valence-electron chi connectivity index (χ2n) is 6.78. The maximum absolute atomic E-state index is 12.8. The number of benzene rings is 2. The topological polar surface area (TPSA) is 79.6 Å². The Morgan fingerprint density at radius 1 is 1.20 bits per heavy atom.